The first-order valence-electron chi connectivity index (χ1n) is 2.28. The Kier molecular flexibility index (Phi) is 1.53. The average molecular weight is 129 g/mol. The summed E-state index contributed by atoms with van der Waals surface area (Å²) in [6, 6.07) is 0. The summed E-state index contributed by atoms with van der Waals surface area (Å²) in [7, 11) is 1.85. The van der Waals surface area contributed by atoms with Crippen LogP contribution in [0.3, 0.4) is 0 Å². The lowest BCUT2D eigenvalue weighted by molar-refractivity contribution is 0.730. The van der Waals surface area contributed by atoms with E-state index < -0.39 is 0 Å². The summed E-state index contributed by atoms with van der Waals surface area (Å²) in [6.45, 7) is 0. The minimum atomic E-state index is 0.649. The van der Waals surface area contributed by atoms with Crippen molar-refractivity contribution in [3.8, 4) is 0 Å². The van der Waals surface area contributed by atoms with Gasteiger partial charge in [0, 0.05) is 7.05 Å². The van der Waals surface area contributed by atoms with Crippen molar-refractivity contribution in [3.05, 3.63) is 12.2 Å². The van der Waals surface area contributed by atoms with Crippen molar-refractivity contribution in [1.82, 2.24) is 14.8 Å². The van der Waals surface area contributed by atoms with E-state index in [0.29, 0.717) is 5.75 Å². The first-order valence-corrected chi connectivity index (χ1v) is 2.91. The largest absolute Gasteiger partial charge is 0.252 e. The van der Waals surface area contributed by atoms with Gasteiger partial charge in [-0.2, -0.15) is 17.7 Å². The summed E-state index contributed by atoms with van der Waals surface area (Å²) in [6.07, 6.45) is 1.52. The zero-order valence-corrected chi connectivity index (χ0v) is 5.47. The van der Waals surface area contributed by atoms with E-state index in [1.54, 1.807) is 4.68 Å². The van der Waals surface area contributed by atoms with Crippen molar-refractivity contribution in [1.29, 1.82) is 0 Å². The molecule has 0 aliphatic rings. The fraction of sp³-hybridized carbons (Fsp3) is 0.500. The number of hydrogen-bond acceptors (Lipinski definition) is 3. The topological polar surface area (TPSA) is 30.7 Å². The third-order valence-corrected chi connectivity index (χ3v) is 1.23. The van der Waals surface area contributed by atoms with E-state index in [1.807, 2.05) is 7.05 Å². The van der Waals surface area contributed by atoms with E-state index in [9.17, 15) is 0 Å². The monoisotopic (exact) mass is 129 g/mol. The summed E-state index contributed by atoms with van der Waals surface area (Å²) in [5, 5.41) is 3.84. The molecule has 0 atom stereocenters. The standard InChI is InChI=1S/C4H7N3S/c1-7-4(2-8)5-3-6-7/h3,8H,2H2,1H3. The molecule has 1 rings (SSSR count). The van der Waals surface area contributed by atoms with Gasteiger partial charge >= 0.3 is 0 Å². The highest BCUT2D eigenvalue weighted by Gasteiger charge is 1.92. The molecule has 4 heteroatoms. The van der Waals surface area contributed by atoms with Gasteiger partial charge in [0.1, 0.15) is 12.2 Å². The number of rotatable bonds is 1. The highest BCUT2D eigenvalue weighted by molar-refractivity contribution is 7.79. The van der Waals surface area contributed by atoms with E-state index in [4.69, 9.17) is 0 Å². The fourth-order valence-electron chi connectivity index (χ4n) is 0.463. The van der Waals surface area contributed by atoms with Crippen LogP contribution in [-0.4, -0.2) is 14.8 Å². The van der Waals surface area contributed by atoms with E-state index in [1.165, 1.54) is 6.33 Å². The second-order valence-electron chi connectivity index (χ2n) is 1.46. The van der Waals surface area contributed by atoms with Crippen LogP contribution in [0.5, 0.6) is 0 Å². The lowest BCUT2D eigenvalue weighted by atomic mass is 10.7. The fourth-order valence-corrected chi connectivity index (χ4v) is 0.750. The Morgan fingerprint density at radius 3 is 2.88 bits per heavy atom. The summed E-state index contributed by atoms with van der Waals surface area (Å²) < 4.78 is 1.70. The molecule has 0 aliphatic heterocycles. The predicted octanol–water partition coefficient (Wildman–Crippen LogP) is 0.245. The van der Waals surface area contributed by atoms with Crippen LogP contribution in [0.2, 0.25) is 0 Å². The first kappa shape index (κ1) is 5.62. The van der Waals surface area contributed by atoms with Gasteiger partial charge in [0.2, 0.25) is 0 Å². The van der Waals surface area contributed by atoms with Gasteiger partial charge in [-0.3, -0.25) is 4.68 Å². The van der Waals surface area contributed by atoms with Crippen molar-refractivity contribution in [2.45, 2.75) is 5.75 Å². The highest BCUT2D eigenvalue weighted by Crippen LogP contribution is 1.93. The normalized spacial score (nSPS) is 9.75. The number of aromatic nitrogens is 3. The van der Waals surface area contributed by atoms with Gasteiger partial charge in [-0.05, 0) is 0 Å². The maximum atomic E-state index is 4.02. The van der Waals surface area contributed by atoms with E-state index >= 15 is 0 Å². The molecule has 0 saturated heterocycles. The van der Waals surface area contributed by atoms with Crippen LogP contribution in [0.25, 0.3) is 0 Å². The minimum Gasteiger partial charge on any atom is -0.252 e. The zero-order valence-electron chi connectivity index (χ0n) is 4.57. The van der Waals surface area contributed by atoms with Crippen molar-refractivity contribution in [3.63, 3.8) is 0 Å². The van der Waals surface area contributed by atoms with Crippen LogP contribution in [0.15, 0.2) is 6.33 Å². The molecular weight excluding hydrogens is 122 g/mol. The third kappa shape index (κ3) is 0.838. The number of hydrogen-bond donors (Lipinski definition) is 1. The SMILES string of the molecule is Cn1ncnc1CS. The molecule has 1 heterocycles. The van der Waals surface area contributed by atoms with Crippen molar-refractivity contribution in [2.24, 2.45) is 7.05 Å². The van der Waals surface area contributed by atoms with Gasteiger partial charge in [0.15, 0.2) is 0 Å². The molecular formula is C4H7N3S. The molecule has 44 valence electrons. The van der Waals surface area contributed by atoms with Crippen LogP contribution in [0, 0.1) is 0 Å². The summed E-state index contributed by atoms with van der Waals surface area (Å²) in [5.74, 6) is 1.55. The van der Waals surface area contributed by atoms with Gasteiger partial charge < -0.3 is 0 Å². The Hall–Kier alpha value is -0.510. The molecule has 0 radical (unpaired) electrons. The number of nitrogens with zero attached hydrogens (tertiary/aromatic N) is 3. The van der Waals surface area contributed by atoms with E-state index in [0.717, 1.165) is 5.82 Å². The Bertz CT molecular complexity index is 172. The van der Waals surface area contributed by atoms with Crippen molar-refractivity contribution in [2.75, 3.05) is 0 Å². The van der Waals surface area contributed by atoms with Crippen LogP contribution in [0.4, 0.5) is 0 Å². The van der Waals surface area contributed by atoms with E-state index in [-0.39, 0.29) is 0 Å². The van der Waals surface area contributed by atoms with Gasteiger partial charge in [-0.25, -0.2) is 4.98 Å². The molecule has 0 spiro atoms. The smallest absolute Gasteiger partial charge is 0.138 e. The van der Waals surface area contributed by atoms with Gasteiger partial charge in [-0.15, -0.1) is 0 Å². The molecule has 1 aromatic rings. The molecule has 0 aliphatic carbocycles. The summed E-state index contributed by atoms with van der Waals surface area (Å²) in [5.41, 5.74) is 0. The van der Waals surface area contributed by atoms with Gasteiger partial charge in [-0.1, -0.05) is 0 Å². The Morgan fingerprint density at radius 2 is 2.62 bits per heavy atom. The minimum absolute atomic E-state index is 0.649. The first-order chi connectivity index (χ1) is 3.84. The molecule has 1 aromatic heterocycles. The molecule has 3 nitrogen and oxygen atoms in total. The molecule has 0 fully saturated rings. The summed E-state index contributed by atoms with van der Waals surface area (Å²) in [4.78, 5) is 3.91. The zero-order chi connectivity index (χ0) is 5.98. The highest BCUT2D eigenvalue weighted by atomic mass is 32.1. The van der Waals surface area contributed by atoms with Gasteiger partial charge in [0.25, 0.3) is 0 Å². The van der Waals surface area contributed by atoms with Crippen LogP contribution < -0.4 is 0 Å². The maximum absolute atomic E-state index is 4.02. The van der Waals surface area contributed by atoms with Crippen LogP contribution in [-0.2, 0) is 12.8 Å². The molecule has 0 amide bonds. The van der Waals surface area contributed by atoms with Crippen molar-refractivity contribution < 1.29 is 0 Å². The molecule has 0 N–H and O–H groups in total. The molecule has 8 heavy (non-hydrogen) atoms. The lowest BCUT2D eigenvalue weighted by Crippen LogP contribution is -1.95. The molecule has 0 aromatic carbocycles. The Morgan fingerprint density at radius 1 is 1.88 bits per heavy atom. The quantitative estimate of drug-likeness (QED) is 0.551. The number of thiol groups is 1. The Balaban J connectivity index is 2.92. The average Bonchev–Trinajstić information content (AvgIpc) is 2.14. The molecule has 0 bridgehead atoms. The maximum Gasteiger partial charge on any atom is 0.138 e. The summed E-state index contributed by atoms with van der Waals surface area (Å²) >= 11 is 4.02. The second-order valence-corrected chi connectivity index (χ2v) is 1.77. The second kappa shape index (κ2) is 2.17. The van der Waals surface area contributed by atoms with Gasteiger partial charge in [0.05, 0.1) is 5.75 Å². The van der Waals surface area contributed by atoms with Crippen molar-refractivity contribution >= 4 is 12.6 Å². The lowest BCUT2D eigenvalue weighted by Gasteiger charge is -1.89. The molecule has 0 saturated carbocycles. The van der Waals surface area contributed by atoms with E-state index in [2.05, 4.69) is 22.7 Å². The molecule has 0 unspecified atom stereocenters. The third-order valence-electron chi connectivity index (χ3n) is 0.947. The predicted molar refractivity (Wildman–Crippen MR) is 33.7 cm³/mol. The van der Waals surface area contributed by atoms with Crippen LogP contribution in [0.1, 0.15) is 5.82 Å². The van der Waals surface area contributed by atoms with Crippen LogP contribution >= 0.6 is 12.6 Å². The Labute approximate surface area is 53.1 Å². The number of aryl methyl sites for hydroxylation is 1.